The van der Waals surface area contributed by atoms with Gasteiger partial charge >= 0.3 is 23.9 Å². The van der Waals surface area contributed by atoms with E-state index < -0.39 is 222 Å². The summed E-state index contributed by atoms with van der Waals surface area (Å²) in [6.45, 7) is 4.00. The van der Waals surface area contributed by atoms with Gasteiger partial charge in [0.05, 0.1) is 32.3 Å². The van der Waals surface area contributed by atoms with Crippen LogP contribution in [-0.4, -0.2) is 172 Å². The zero-order chi connectivity index (χ0) is 80.4. The van der Waals surface area contributed by atoms with Gasteiger partial charge in [-0.2, -0.15) is 63.6 Å². The van der Waals surface area contributed by atoms with Crippen LogP contribution in [-0.2, 0) is 59.7 Å². The highest BCUT2D eigenvalue weighted by atomic mass is 33.1. The molecule has 586 valence electrons. The summed E-state index contributed by atoms with van der Waals surface area (Å²) in [5, 5.41) is 87.6. The molecular formula is C62H68N18O24S6. The summed E-state index contributed by atoms with van der Waals surface area (Å²) in [7, 11) is -19.9. The number of phenols is 2. The molecule has 0 saturated heterocycles. The van der Waals surface area contributed by atoms with Gasteiger partial charge in [-0.25, -0.2) is 19.2 Å². The molecule has 0 saturated carbocycles. The van der Waals surface area contributed by atoms with Crippen LogP contribution in [0.25, 0.3) is 21.5 Å². The maximum atomic E-state index is 13.0. The Morgan fingerprint density at radius 1 is 0.436 bits per heavy atom. The lowest BCUT2D eigenvalue weighted by atomic mass is 10.1. The number of anilines is 8. The van der Waals surface area contributed by atoms with E-state index in [9.17, 15) is 111 Å². The molecule has 2 amide bonds. The average molecular weight is 1640 g/mol. The molecule has 2 unspecified atom stereocenters. The van der Waals surface area contributed by atoms with Crippen molar-refractivity contribution in [3.05, 3.63) is 96.1 Å². The van der Waals surface area contributed by atoms with Gasteiger partial charge in [0.1, 0.15) is 44.6 Å². The fraction of sp³-hybridized carbons (Fsp3) is 0.290. The van der Waals surface area contributed by atoms with Crippen molar-refractivity contribution in [2.75, 3.05) is 43.6 Å². The maximum Gasteiger partial charge on any atom is 0.337 e. The lowest BCUT2D eigenvalue weighted by Gasteiger charge is -2.18. The molecule has 0 spiro atoms. The number of hydrazine groups is 2. The Morgan fingerprint density at radius 3 is 1.12 bits per heavy atom. The molecule has 0 aliphatic heterocycles. The van der Waals surface area contributed by atoms with Gasteiger partial charge < -0.3 is 51.9 Å². The van der Waals surface area contributed by atoms with Crippen molar-refractivity contribution in [2.45, 2.75) is 123 Å². The summed E-state index contributed by atoms with van der Waals surface area (Å²) in [6.07, 6.45) is 7.64. The number of phenolic OH excluding ortho intramolecular Hbond substituents is 2. The number of benzene rings is 6. The Kier molecular flexibility index (Phi) is 28.5. The summed E-state index contributed by atoms with van der Waals surface area (Å²) >= 11 is 0. The molecule has 42 nitrogen and oxygen atoms in total. The van der Waals surface area contributed by atoms with Gasteiger partial charge in [-0.05, 0) is 84.3 Å². The van der Waals surface area contributed by atoms with Gasteiger partial charge in [-0.1, -0.05) is 111 Å². The van der Waals surface area contributed by atoms with Crippen LogP contribution in [0.4, 0.5) is 69.8 Å². The number of hydrogen-bond acceptors (Lipinski definition) is 34. The first-order valence-electron chi connectivity index (χ1n) is 32.4. The number of aromatic nitrogens is 6. The lowest BCUT2D eigenvalue weighted by molar-refractivity contribution is -0.138. The number of nitrogens with zero attached hydrogens (tertiary/aromatic N) is 10. The Hall–Kier alpha value is -11.4. The zero-order valence-electron chi connectivity index (χ0n) is 57.2. The molecule has 0 radical (unpaired) electrons. The second-order valence-corrected chi connectivity index (χ2v) is 31.6. The number of aromatic hydroxyl groups is 2. The Balaban J connectivity index is 1.11. The number of hydrogen-bond donors (Lipinski definition) is 18. The Labute approximate surface area is 631 Å². The van der Waals surface area contributed by atoms with Gasteiger partial charge in [0.25, 0.3) is 40.5 Å². The predicted molar refractivity (Wildman–Crippen MR) is 397 cm³/mol. The number of rotatable bonds is 41. The summed E-state index contributed by atoms with van der Waals surface area (Å²) in [4.78, 5) is 96.9. The van der Waals surface area contributed by atoms with Crippen LogP contribution in [0.2, 0.25) is 0 Å². The number of carbonyl (C=O) groups excluding carboxylic acids is 2. The van der Waals surface area contributed by atoms with Crippen molar-refractivity contribution >= 4 is 189 Å². The van der Waals surface area contributed by atoms with Crippen molar-refractivity contribution in [1.82, 2.24) is 40.8 Å². The van der Waals surface area contributed by atoms with Crippen molar-refractivity contribution in [1.29, 1.82) is 0 Å². The van der Waals surface area contributed by atoms with Crippen LogP contribution in [0, 0.1) is 0 Å². The number of azo groups is 2. The topological polar surface area (TPSA) is 664 Å². The first-order valence-corrected chi connectivity index (χ1v) is 40.6. The van der Waals surface area contributed by atoms with E-state index in [1.807, 2.05) is 13.8 Å². The van der Waals surface area contributed by atoms with Crippen molar-refractivity contribution < 1.29 is 111 Å². The number of unbranched alkanes of at least 4 members (excludes halogenated alkanes) is 8. The molecule has 0 fully saturated rings. The number of nitrogens with one attached hydrogen (secondary N) is 8. The summed E-state index contributed by atoms with van der Waals surface area (Å²) in [5.41, 5.74) is 4.85. The number of fused-ring (bicyclic) bond motifs is 2. The van der Waals surface area contributed by atoms with Crippen molar-refractivity contribution in [3.63, 3.8) is 0 Å². The molecule has 6 aromatic carbocycles. The molecule has 2 heterocycles. The van der Waals surface area contributed by atoms with Crippen LogP contribution in [0.1, 0.15) is 112 Å². The molecule has 0 aliphatic carbocycles. The van der Waals surface area contributed by atoms with Crippen LogP contribution >= 0.6 is 21.6 Å². The molecular weight excluding hydrogens is 1570 g/mol. The van der Waals surface area contributed by atoms with Crippen molar-refractivity contribution in [2.24, 2.45) is 20.5 Å². The molecule has 2 atom stereocenters. The highest BCUT2D eigenvalue weighted by Crippen LogP contribution is 2.48. The third kappa shape index (κ3) is 23.1. The van der Waals surface area contributed by atoms with Gasteiger partial charge in [-0.3, -0.25) is 49.5 Å². The van der Waals surface area contributed by atoms with Crippen LogP contribution < -0.4 is 43.0 Å². The van der Waals surface area contributed by atoms with E-state index >= 15 is 0 Å². The van der Waals surface area contributed by atoms with Crippen LogP contribution in [0.15, 0.2) is 125 Å². The lowest BCUT2D eigenvalue weighted by Crippen LogP contribution is -2.34. The van der Waals surface area contributed by atoms with E-state index in [1.54, 1.807) is 0 Å². The Bertz CT molecular complexity index is 5090. The molecule has 8 rings (SSSR count). The summed E-state index contributed by atoms with van der Waals surface area (Å²) in [5.74, 6) is -14.4. The summed E-state index contributed by atoms with van der Waals surface area (Å²) < 4.78 is 144. The fourth-order valence-corrected chi connectivity index (χ4v) is 14.8. The molecule has 0 bridgehead atoms. The minimum absolute atomic E-state index is 0.000433. The maximum absolute atomic E-state index is 13.0. The van der Waals surface area contributed by atoms with E-state index in [2.05, 4.69) is 93.3 Å². The Morgan fingerprint density at radius 2 is 0.782 bits per heavy atom. The van der Waals surface area contributed by atoms with E-state index in [4.69, 9.17) is 0 Å². The number of aromatic carboxylic acids is 2. The van der Waals surface area contributed by atoms with E-state index in [1.165, 1.54) is 24.3 Å². The zero-order valence-corrected chi connectivity index (χ0v) is 62.1. The number of carbonyl (C=O) groups is 6. The molecule has 2 aromatic heterocycles. The molecule has 48 heteroatoms. The molecule has 8 aromatic rings. The SMILES string of the molecule is CCCCCCCC(=O)NNc1nc(Nc2cc(S(=O)(=O)O)cc3cc(S(=O)(=O)O)c(N=Nc4ccccc4C(=O)O)c(O)c23)nc(NC(CSSCC(Nc2nc(NNC(=O)CCCCCCC)nc(Nc3cc(S(=O)(=O)O)cc4cc(S(=O)(=O)O)c(N=Nc5ccccc5C(=O)O)c(O)c34)n2)C(=O)O)C(=O)O)n1. The smallest absolute Gasteiger partial charge is 0.337 e. The third-order valence-corrected chi connectivity index (χ3v) is 21.2. The number of carboxylic acid groups (broad SMARTS) is 4. The number of carboxylic acids is 4. The number of aliphatic carboxylic acids is 2. The van der Waals surface area contributed by atoms with Gasteiger partial charge in [0.2, 0.25) is 47.5 Å². The second-order valence-electron chi connectivity index (χ2n) is 23.4. The first kappa shape index (κ1) is 84.2. The fourth-order valence-electron chi connectivity index (χ4n) is 10.1. The standard InChI is InChI=1S/C62H68N18O24S6/c1-3-5-7-9-11-21-45(81)75-79-61-69-57(63-39-27-33(107(93,94)95)23-31-25-43(109(99,100)101)49(51(83)47(31)39)77-73-37-19-15-13-17-35(37)53(85)86)67-59(71-61)65-41(55(89)90)29-105-106-30-42(56(91)92)66-60-68-58(70-62(72-60)80-76-46(82)22-12-10-8-6-4-2)64-40-28-34(108(96,97)98)24-32-26-44(110(102,103)104)50(52(84)48(32)40)78-74-38-20-16-14-18-36(38)54(87)88/h13-20,23-28,41-42,83-84H,3-12,21-22,29-30H2,1-2H3,(H,75,81)(H,76,82)(H,85,86)(H,87,88)(H,89,90)(H,91,92)(H,93,94,95)(H,96,97,98)(H,99,100,101)(H,102,103,104)(H3,63,65,67,69,71,79)(H3,64,66,68,70,72,80). The monoisotopic (exact) mass is 1640 g/mol. The second kappa shape index (κ2) is 37.2. The minimum atomic E-state index is -5.43. The third-order valence-electron chi connectivity index (χ3n) is 15.3. The van der Waals surface area contributed by atoms with Gasteiger partial charge in [0, 0.05) is 35.1 Å². The average Bonchev–Trinajstić information content (AvgIpc) is 0.752. The largest absolute Gasteiger partial charge is 0.505 e. The summed E-state index contributed by atoms with van der Waals surface area (Å²) in [6, 6.07) is 10.5. The molecule has 110 heavy (non-hydrogen) atoms. The minimum Gasteiger partial charge on any atom is -0.505 e. The number of amides is 2. The van der Waals surface area contributed by atoms with E-state index in [0.717, 1.165) is 84.4 Å². The van der Waals surface area contributed by atoms with Gasteiger partial charge in [0.15, 0.2) is 11.5 Å². The van der Waals surface area contributed by atoms with Crippen LogP contribution in [0.3, 0.4) is 0 Å². The quantitative estimate of drug-likeness (QED) is 0.00557. The highest BCUT2D eigenvalue weighted by molar-refractivity contribution is 8.76. The first-order chi connectivity index (χ1) is 51.9. The predicted octanol–water partition coefficient (Wildman–Crippen LogP) is 9.89. The van der Waals surface area contributed by atoms with Crippen molar-refractivity contribution in [3.8, 4) is 11.5 Å². The highest BCUT2D eigenvalue weighted by Gasteiger charge is 2.31. The van der Waals surface area contributed by atoms with Crippen LogP contribution in [0.5, 0.6) is 11.5 Å². The van der Waals surface area contributed by atoms with E-state index in [-0.39, 0.29) is 24.2 Å². The van der Waals surface area contributed by atoms with E-state index in [0.29, 0.717) is 62.1 Å². The normalized spacial score (nSPS) is 12.5. The van der Waals surface area contributed by atoms with Gasteiger partial charge in [-0.15, -0.1) is 20.5 Å². The molecule has 0 aliphatic rings. The molecule has 18 N–H and O–H groups in total.